The van der Waals surface area contributed by atoms with Crippen LogP contribution in [-0.2, 0) is 9.59 Å². The van der Waals surface area contributed by atoms with Gasteiger partial charge in [0.15, 0.2) is 5.17 Å². The molecule has 0 saturated heterocycles. The minimum atomic E-state index is -0.458. The molecular formula is C25H28N4O2S. The number of nitrogens with zero attached hydrogens (tertiary/aromatic N) is 4. The van der Waals surface area contributed by atoms with Gasteiger partial charge in [0.1, 0.15) is 6.04 Å². The first-order valence-corrected chi connectivity index (χ1v) is 11.7. The first-order chi connectivity index (χ1) is 15.3. The number of nitriles is 1. The van der Waals surface area contributed by atoms with Crippen molar-refractivity contribution in [2.24, 2.45) is 10.9 Å². The van der Waals surface area contributed by atoms with E-state index < -0.39 is 6.04 Å². The number of carbonyl (C=O) groups excluding carboxylic acids is 2. The summed E-state index contributed by atoms with van der Waals surface area (Å²) in [7, 11) is 0. The van der Waals surface area contributed by atoms with Gasteiger partial charge in [-0.1, -0.05) is 61.0 Å². The molecule has 0 radical (unpaired) electrons. The van der Waals surface area contributed by atoms with Crippen molar-refractivity contribution in [2.75, 3.05) is 22.1 Å². The van der Waals surface area contributed by atoms with Gasteiger partial charge < -0.3 is 4.90 Å². The highest BCUT2D eigenvalue weighted by atomic mass is 32.2. The van der Waals surface area contributed by atoms with Crippen molar-refractivity contribution in [2.45, 2.75) is 40.2 Å². The Balaban J connectivity index is 1.80. The summed E-state index contributed by atoms with van der Waals surface area (Å²) in [4.78, 5) is 34.1. The van der Waals surface area contributed by atoms with Crippen LogP contribution in [0.5, 0.6) is 0 Å². The van der Waals surface area contributed by atoms with Gasteiger partial charge in [-0.15, -0.1) is 0 Å². The molecule has 1 atom stereocenters. The monoisotopic (exact) mass is 448 g/mol. The van der Waals surface area contributed by atoms with Crippen molar-refractivity contribution >= 4 is 40.1 Å². The van der Waals surface area contributed by atoms with Crippen LogP contribution >= 0.6 is 11.8 Å². The Morgan fingerprint density at radius 1 is 1.12 bits per heavy atom. The molecule has 0 spiro atoms. The second-order valence-electron chi connectivity index (χ2n) is 8.19. The predicted octanol–water partition coefficient (Wildman–Crippen LogP) is 4.71. The van der Waals surface area contributed by atoms with Crippen LogP contribution < -0.4 is 9.80 Å². The third-order valence-electron chi connectivity index (χ3n) is 5.26. The van der Waals surface area contributed by atoms with E-state index in [1.807, 2.05) is 76.2 Å². The molecule has 7 heteroatoms. The molecule has 2 aromatic carbocycles. The third-order valence-corrected chi connectivity index (χ3v) is 6.19. The fourth-order valence-corrected chi connectivity index (χ4v) is 4.34. The van der Waals surface area contributed by atoms with Gasteiger partial charge in [0, 0.05) is 12.2 Å². The molecule has 2 aromatic rings. The molecule has 0 N–H and O–H groups in total. The molecular weight excluding hydrogens is 420 g/mol. The number of aryl methyl sites for hydroxylation is 2. The second kappa shape index (κ2) is 10.5. The van der Waals surface area contributed by atoms with Gasteiger partial charge in [-0.3, -0.25) is 14.5 Å². The number of rotatable bonds is 7. The van der Waals surface area contributed by atoms with Crippen LogP contribution in [0.4, 0.5) is 11.4 Å². The number of thioether (sulfide) groups is 1. The normalized spacial score (nSPS) is 15.6. The minimum Gasteiger partial charge on any atom is -0.311 e. The molecule has 166 valence electrons. The molecule has 0 aliphatic carbocycles. The highest BCUT2D eigenvalue weighted by Gasteiger charge is 2.38. The van der Waals surface area contributed by atoms with Crippen LogP contribution in [0.25, 0.3) is 0 Å². The number of benzene rings is 2. The van der Waals surface area contributed by atoms with Crippen LogP contribution in [0.3, 0.4) is 0 Å². The maximum atomic E-state index is 13.1. The molecule has 0 fully saturated rings. The summed E-state index contributed by atoms with van der Waals surface area (Å²) in [5.74, 6) is -0.0118. The molecule has 0 bridgehead atoms. The quantitative estimate of drug-likeness (QED) is 0.615. The molecule has 1 heterocycles. The van der Waals surface area contributed by atoms with Crippen molar-refractivity contribution < 1.29 is 9.59 Å². The van der Waals surface area contributed by atoms with Crippen LogP contribution in [0, 0.1) is 31.1 Å². The molecule has 3 rings (SSSR count). The van der Waals surface area contributed by atoms with Crippen molar-refractivity contribution in [3.8, 4) is 6.07 Å². The Labute approximate surface area is 193 Å². The van der Waals surface area contributed by atoms with Crippen LogP contribution in [0.1, 0.15) is 31.4 Å². The third kappa shape index (κ3) is 5.38. The summed E-state index contributed by atoms with van der Waals surface area (Å²) in [6, 6.07) is 17.0. The average Bonchev–Trinajstić information content (AvgIpc) is 3.10. The summed E-state index contributed by atoms with van der Waals surface area (Å²) in [6.07, 6.45) is 0.245. The topological polar surface area (TPSA) is 76.8 Å². The maximum Gasteiger partial charge on any atom is 0.258 e. The lowest BCUT2D eigenvalue weighted by atomic mass is 10.0. The van der Waals surface area contributed by atoms with Crippen molar-refractivity contribution in [1.82, 2.24) is 0 Å². The van der Waals surface area contributed by atoms with E-state index in [2.05, 4.69) is 11.1 Å². The number of aliphatic imine (C=N–C) groups is 1. The largest absolute Gasteiger partial charge is 0.311 e. The summed E-state index contributed by atoms with van der Waals surface area (Å²) in [5, 5.41) is 9.56. The minimum absolute atomic E-state index is 0.0592. The summed E-state index contributed by atoms with van der Waals surface area (Å²) in [6.45, 7) is 8.25. The van der Waals surface area contributed by atoms with Gasteiger partial charge in [-0.05, 0) is 44.0 Å². The SMILES string of the molecule is Cc1ccc(N(CCC#N)C(=O)CSC2=N[C@@H](C(C)C)C(=O)N2c2ccc(C)cc2)cc1. The zero-order valence-electron chi connectivity index (χ0n) is 18.9. The molecule has 6 nitrogen and oxygen atoms in total. The Kier molecular flexibility index (Phi) is 7.70. The highest BCUT2D eigenvalue weighted by Crippen LogP contribution is 2.30. The standard InChI is InChI=1S/C25H28N4O2S/c1-17(2)23-24(31)29(21-12-8-19(4)9-13-21)25(27-23)32-16-22(30)28(15-5-14-26)20-10-6-18(3)7-11-20/h6-13,17,23H,5,15-16H2,1-4H3/t23-/m0/s1. The average molecular weight is 449 g/mol. The van der Waals surface area contributed by atoms with Gasteiger partial charge in [0.25, 0.3) is 5.91 Å². The Bertz CT molecular complexity index is 1040. The van der Waals surface area contributed by atoms with E-state index in [9.17, 15) is 9.59 Å². The van der Waals surface area contributed by atoms with E-state index in [0.717, 1.165) is 22.5 Å². The van der Waals surface area contributed by atoms with E-state index in [1.54, 1.807) is 9.80 Å². The second-order valence-corrected chi connectivity index (χ2v) is 9.13. The lowest BCUT2D eigenvalue weighted by Gasteiger charge is -2.23. The molecule has 0 aromatic heterocycles. The summed E-state index contributed by atoms with van der Waals surface area (Å²) in [5.41, 5.74) is 3.72. The molecule has 1 aliphatic heterocycles. The summed E-state index contributed by atoms with van der Waals surface area (Å²) < 4.78 is 0. The van der Waals surface area contributed by atoms with E-state index >= 15 is 0 Å². The molecule has 2 amide bonds. The first kappa shape index (κ1) is 23.6. The highest BCUT2D eigenvalue weighted by molar-refractivity contribution is 8.14. The first-order valence-electron chi connectivity index (χ1n) is 10.7. The number of amidine groups is 1. The smallest absolute Gasteiger partial charge is 0.258 e. The molecule has 0 saturated carbocycles. The van der Waals surface area contributed by atoms with E-state index in [0.29, 0.717) is 11.7 Å². The van der Waals surface area contributed by atoms with Crippen LogP contribution in [0.15, 0.2) is 53.5 Å². The zero-order valence-corrected chi connectivity index (χ0v) is 19.7. The molecule has 0 unspecified atom stereocenters. The number of amides is 2. The fraction of sp³-hybridized carbons (Fsp3) is 0.360. The van der Waals surface area contributed by atoms with Gasteiger partial charge in [0.2, 0.25) is 5.91 Å². The van der Waals surface area contributed by atoms with Crippen LogP contribution in [0.2, 0.25) is 0 Å². The van der Waals surface area contributed by atoms with Gasteiger partial charge >= 0.3 is 0 Å². The fourth-order valence-electron chi connectivity index (χ4n) is 3.41. The van der Waals surface area contributed by atoms with Gasteiger partial charge in [-0.25, -0.2) is 4.99 Å². The number of anilines is 2. The Hall–Kier alpha value is -3.11. The van der Waals surface area contributed by atoms with E-state index in [-0.39, 0.29) is 29.9 Å². The lowest BCUT2D eigenvalue weighted by Crippen LogP contribution is -2.37. The molecule has 32 heavy (non-hydrogen) atoms. The van der Waals surface area contributed by atoms with E-state index in [1.165, 1.54) is 11.8 Å². The number of hydrogen-bond acceptors (Lipinski definition) is 5. The summed E-state index contributed by atoms with van der Waals surface area (Å²) >= 11 is 1.26. The van der Waals surface area contributed by atoms with Gasteiger partial charge in [-0.2, -0.15) is 5.26 Å². The van der Waals surface area contributed by atoms with Gasteiger partial charge in [0.05, 0.1) is 23.9 Å². The Morgan fingerprint density at radius 3 is 2.28 bits per heavy atom. The molecule has 1 aliphatic rings. The Morgan fingerprint density at radius 2 is 1.72 bits per heavy atom. The zero-order chi connectivity index (χ0) is 23.3. The van der Waals surface area contributed by atoms with Crippen molar-refractivity contribution in [3.63, 3.8) is 0 Å². The van der Waals surface area contributed by atoms with E-state index in [4.69, 9.17) is 5.26 Å². The van der Waals surface area contributed by atoms with Crippen LogP contribution in [-0.4, -0.2) is 35.3 Å². The number of carbonyl (C=O) groups is 2. The predicted molar refractivity (Wildman–Crippen MR) is 131 cm³/mol. The number of hydrogen-bond donors (Lipinski definition) is 0. The van der Waals surface area contributed by atoms with Crippen molar-refractivity contribution in [1.29, 1.82) is 5.26 Å². The lowest BCUT2D eigenvalue weighted by molar-refractivity contribution is -0.119. The maximum absolute atomic E-state index is 13.1. The van der Waals surface area contributed by atoms with Crippen molar-refractivity contribution in [3.05, 3.63) is 59.7 Å².